The molecule has 0 spiro atoms. The van der Waals surface area contributed by atoms with Gasteiger partial charge in [0.05, 0.1) is 11.1 Å². The van der Waals surface area contributed by atoms with Crippen molar-refractivity contribution >= 4 is 23.1 Å². The molecule has 0 bridgehead atoms. The maximum absolute atomic E-state index is 12.1. The number of hydrogen-bond donors (Lipinski definition) is 1. The average Bonchev–Trinajstić information content (AvgIpc) is 2.26. The standard InChI is InChI=1S/C13H24N2O2S/c1-3-15(6-5-12(14)18)13(16)9-10-7-11(8-10)17-4-2/h10-11H,3-9H2,1-2H3,(H2,14,18). The SMILES string of the molecule is CCOC1CC(CC(=O)N(CC)CCC(N)=S)C1. The summed E-state index contributed by atoms with van der Waals surface area (Å²) in [4.78, 5) is 14.4. The van der Waals surface area contributed by atoms with E-state index in [0.29, 0.717) is 36.4 Å². The fourth-order valence-corrected chi connectivity index (χ4v) is 2.38. The summed E-state index contributed by atoms with van der Waals surface area (Å²) in [7, 11) is 0. The van der Waals surface area contributed by atoms with Gasteiger partial charge in [0, 0.05) is 32.5 Å². The van der Waals surface area contributed by atoms with Crippen molar-refractivity contribution in [1.82, 2.24) is 4.90 Å². The zero-order valence-corrected chi connectivity index (χ0v) is 12.2. The van der Waals surface area contributed by atoms with Crippen molar-refractivity contribution < 1.29 is 9.53 Å². The van der Waals surface area contributed by atoms with Gasteiger partial charge in [-0.2, -0.15) is 0 Å². The summed E-state index contributed by atoms with van der Waals surface area (Å²) >= 11 is 4.84. The third-order valence-electron chi connectivity index (χ3n) is 3.42. The molecule has 0 saturated heterocycles. The molecular weight excluding hydrogens is 248 g/mol. The van der Waals surface area contributed by atoms with Crippen LogP contribution in [0.3, 0.4) is 0 Å². The predicted octanol–water partition coefficient (Wildman–Crippen LogP) is 1.72. The lowest BCUT2D eigenvalue weighted by molar-refractivity contribution is -0.134. The van der Waals surface area contributed by atoms with Crippen molar-refractivity contribution in [2.75, 3.05) is 19.7 Å². The second-order valence-corrected chi connectivity index (χ2v) is 5.33. The van der Waals surface area contributed by atoms with Gasteiger partial charge in [-0.05, 0) is 32.6 Å². The molecule has 1 aliphatic carbocycles. The van der Waals surface area contributed by atoms with Gasteiger partial charge in [-0.25, -0.2) is 0 Å². The predicted molar refractivity (Wildman–Crippen MR) is 76.4 cm³/mol. The Bertz CT molecular complexity index is 291. The quantitative estimate of drug-likeness (QED) is 0.684. The van der Waals surface area contributed by atoms with Crippen LogP contribution in [0.1, 0.15) is 39.5 Å². The molecule has 0 unspecified atom stereocenters. The van der Waals surface area contributed by atoms with E-state index in [1.165, 1.54) is 0 Å². The van der Waals surface area contributed by atoms with Crippen LogP contribution in [0.2, 0.25) is 0 Å². The molecule has 0 radical (unpaired) electrons. The number of nitrogens with two attached hydrogens (primary N) is 1. The maximum Gasteiger partial charge on any atom is 0.222 e. The monoisotopic (exact) mass is 272 g/mol. The summed E-state index contributed by atoms with van der Waals surface area (Å²) in [6, 6.07) is 0. The summed E-state index contributed by atoms with van der Waals surface area (Å²) in [6.45, 7) is 6.13. The molecule has 0 atom stereocenters. The normalized spacial score (nSPS) is 22.3. The van der Waals surface area contributed by atoms with Gasteiger partial charge >= 0.3 is 0 Å². The molecule has 4 nitrogen and oxygen atoms in total. The molecule has 1 saturated carbocycles. The molecular formula is C13H24N2O2S. The smallest absolute Gasteiger partial charge is 0.222 e. The van der Waals surface area contributed by atoms with Gasteiger partial charge in [0.1, 0.15) is 0 Å². The van der Waals surface area contributed by atoms with Crippen LogP contribution in [-0.4, -0.2) is 41.6 Å². The first-order valence-electron chi connectivity index (χ1n) is 6.74. The summed E-state index contributed by atoms with van der Waals surface area (Å²) in [6.07, 6.45) is 3.66. The van der Waals surface area contributed by atoms with E-state index in [1.54, 1.807) is 0 Å². The van der Waals surface area contributed by atoms with Crippen LogP contribution in [0, 0.1) is 5.92 Å². The molecule has 0 heterocycles. The number of ether oxygens (including phenoxy) is 1. The number of carbonyl (C=O) groups excluding carboxylic acids is 1. The molecule has 18 heavy (non-hydrogen) atoms. The molecule has 1 aliphatic rings. The van der Waals surface area contributed by atoms with Crippen LogP contribution in [0.4, 0.5) is 0 Å². The zero-order valence-electron chi connectivity index (χ0n) is 11.4. The van der Waals surface area contributed by atoms with E-state index in [4.69, 9.17) is 22.7 Å². The Morgan fingerprint density at radius 1 is 1.44 bits per heavy atom. The maximum atomic E-state index is 12.1. The Balaban J connectivity index is 2.24. The van der Waals surface area contributed by atoms with Crippen molar-refractivity contribution in [3.8, 4) is 0 Å². The van der Waals surface area contributed by atoms with Gasteiger partial charge < -0.3 is 15.4 Å². The molecule has 5 heteroatoms. The number of thiocarbonyl (C=S) groups is 1. The van der Waals surface area contributed by atoms with E-state index in [0.717, 1.165) is 26.0 Å². The highest BCUT2D eigenvalue weighted by atomic mass is 32.1. The third-order valence-corrected chi connectivity index (χ3v) is 3.62. The summed E-state index contributed by atoms with van der Waals surface area (Å²) in [5.74, 6) is 0.710. The van der Waals surface area contributed by atoms with Crippen LogP contribution in [0.5, 0.6) is 0 Å². The van der Waals surface area contributed by atoms with Crippen molar-refractivity contribution in [1.29, 1.82) is 0 Å². The number of carbonyl (C=O) groups is 1. The van der Waals surface area contributed by atoms with Gasteiger partial charge in [-0.3, -0.25) is 4.79 Å². The molecule has 0 aliphatic heterocycles. The van der Waals surface area contributed by atoms with Crippen molar-refractivity contribution in [2.24, 2.45) is 11.7 Å². The van der Waals surface area contributed by atoms with Crippen molar-refractivity contribution in [3.63, 3.8) is 0 Å². The third kappa shape index (κ3) is 4.90. The minimum atomic E-state index is 0.216. The van der Waals surface area contributed by atoms with E-state index >= 15 is 0 Å². The lowest BCUT2D eigenvalue weighted by Gasteiger charge is -2.35. The van der Waals surface area contributed by atoms with Crippen LogP contribution >= 0.6 is 12.2 Å². The van der Waals surface area contributed by atoms with E-state index in [-0.39, 0.29) is 5.91 Å². The Morgan fingerprint density at radius 3 is 2.61 bits per heavy atom. The molecule has 0 aromatic heterocycles. The highest BCUT2D eigenvalue weighted by Crippen LogP contribution is 2.33. The first-order chi connectivity index (χ1) is 8.56. The topological polar surface area (TPSA) is 55.6 Å². The molecule has 104 valence electrons. The van der Waals surface area contributed by atoms with Gasteiger partial charge in [-0.15, -0.1) is 0 Å². The minimum absolute atomic E-state index is 0.216. The summed E-state index contributed by atoms with van der Waals surface area (Å²) in [5.41, 5.74) is 5.46. The lowest BCUT2D eigenvalue weighted by Crippen LogP contribution is -2.38. The van der Waals surface area contributed by atoms with Gasteiger partial charge in [-0.1, -0.05) is 12.2 Å². The summed E-state index contributed by atoms with van der Waals surface area (Å²) in [5, 5.41) is 0. The largest absolute Gasteiger partial charge is 0.393 e. The van der Waals surface area contributed by atoms with E-state index < -0.39 is 0 Å². The molecule has 0 aromatic carbocycles. The molecule has 0 aromatic rings. The lowest BCUT2D eigenvalue weighted by atomic mass is 9.79. The number of amides is 1. The van der Waals surface area contributed by atoms with Crippen molar-refractivity contribution in [2.45, 2.75) is 45.6 Å². The average molecular weight is 272 g/mol. The molecule has 2 N–H and O–H groups in total. The summed E-state index contributed by atoms with van der Waals surface area (Å²) < 4.78 is 5.50. The van der Waals surface area contributed by atoms with Crippen LogP contribution in [0.25, 0.3) is 0 Å². The van der Waals surface area contributed by atoms with E-state index in [2.05, 4.69) is 0 Å². The Morgan fingerprint density at radius 2 is 2.11 bits per heavy atom. The van der Waals surface area contributed by atoms with E-state index in [1.807, 2.05) is 18.7 Å². The molecule has 1 rings (SSSR count). The Labute approximate surface area is 115 Å². The highest BCUT2D eigenvalue weighted by molar-refractivity contribution is 7.80. The van der Waals surface area contributed by atoms with E-state index in [9.17, 15) is 4.79 Å². The second kappa shape index (κ2) is 7.69. The van der Waals surface area contributed by atoms with Gasteiger partial charge in [0.25, 0.3) is 0 Å². The number of rotatable bonds is 8. The minimum Gasteiger partial charge on any atom is -0.393 e. The fraction of sp³-hybridized carbons (Fsp3) is 0.846. The Hall–Kier alpha value is -0.680. The van der Waals surface area contributed by atoms with Gasteiger partial charge in [0.2, 0.25) is 5.91 Å². The Kier molecular flexibility index (Phi) is 6.57. The van der Waals surface area contributed by atoms with Gasteiger partial charge in [0.15, 0.2) is 0 Å². The second-order valence-electron chi connectivity index (χ2n) is 4.81. The number of hydrogen-bond acceptors (Lipinski definition) is 3. The molecule has 1 fully saturated rings. The molecule has 1 amide bonds. The zero-order chi connectivity index (χ0) is 13.5. The van der Waals surface area contributed by atoms with Crippen LogP contribution in [0.15, 0.2) is 0 Å². The van der Waals surface area contributed by atoms with Crippen LogP contribution < -0.4 is 5.73 Å². The van der Waals surface area contributed by atoms with Crippen LogP contribution in [-0.2, 0) is 9.53 Å². The fourth-order valence-electron chi connectivity index (χ4n) is 2.29. The first-order valence-corrected chi connectivity index (χ1v) is 7.15. The highest BCUT2D eigenvalue weighted by Gasteiger charge is 2.31. The first kappa shape index (κ1) is 15.4. The van der Waals surface area contributed by atoms with Crippen molar-refractivity contribution in [3.05, 3.63) is 0 Å². The number of nitrogens with zero attached hydrogens (tertiary/aromatic N) is 1.